The zero-order valence-corrected chi connectivity index (χ0v) is 31.4. The van der Waals surface area contributed by atoms with E-state index < -0.39 is 73.9 Å². The van der Waals surface area contributed by atoms with E-state index in [1.807, 2.05) is 25.1 Å². The van der Waals surface area contributed by atoms with Crippen LogP contribution in [0.1, 0.15) is 85.0 Å². The molecule has 4 heterocycles. The Balaban J connectivity index is 1.20. The first-order chi connectivity index (χ1) is 25.2. The summed E-state index contributed by atoms with van der Waals surface area (Å²) in [6, 6.07) is 5.83. The molecule has 4 amide bonds. The number of allylic oxidation sites excluding steroid dienone is 1. The second-order valence-corrected chi connectivity index (χ2v) is 18.3. The maximum atomic E-state index is 14.7. The Hall–Kier alpha value is -4.44. The van der Waals surface area contributed by atoms with Crippen LogP contribution >= 0.6 is 11.3 Å². The number of rotatable bonds is 7. The van der Waals surface area contributed by atoms with Crippen molar-refractivity contribution in [2.75, 3.05) is 6.54 Å². The van der Waals surface area contributed by atoms with Crippen molar-refractivity contribution in [2.24, 2.45) is 5.92 Å². The van der Waals surface area contributed by atoms with E-state index in [2.05, 4.69) is 25.3 Å². The van der Waals surface area contributed by atoms with Gasteiger partial charge in [0.15, 0.2) is 5.82 Å². The van der Waals surface area contributed by atoms with Crippen molar-refractivity contribution >= 4 is 56.0 Å². The molecule has 7 rings (SSSR count). The lowest BCUT2D eigenvalue weighted by atomic mass is 10.0. The number of para-hydroxylation sites is 1. The van der Waals surface area contributed by atoms with Gasteiger partial charge in [-0.1, -0.05) is 31.1 Å². The van der Waals surface area contributed by atoms with Crippen LogP contribution in [0.25, 0.3) is 11.0 Å². The SMILES string of the molecule is Cc1ccc(C(=O)N[C@H]2CCCCCC=C[C@@H]3C[C@@]3(C(=O)NS(=O)(=O)C3(C)CC3)NC(=O)[C@@H]3C[C@@H](Oc4nc5c(F)cccc5nc4C)CN3C2=O)s1. The van der Waals surface area contributed by atoms with Crippen LogP contribution < -0.4 is 20.1 Å². The third-order valence-corrected chi connectivity index (χ3v) is 14.0. The van der Waals surface area contributed by atoms with Crippen molar-refractivity contribution in [3.8, 4) is 5.88 Å². The second kappa shape index (κ2) is 14.1. The summed E-state index contributed by atoms with van der Waals surface area (Å²) in [6.07, 6.45) is 7.20. The van der Waals surface area contributed by atoms with Gasteiger partial charge >= 0.3 is 0 Å². The highest BCUT2D eigenvalue weighted by molar-refractivity contribution is 7.91. The van der Waals surface area contributed by atoms with Gasteiger partial charge in [0.25, 0.3) is 11.8 Å². The Labute approximate surface area is 311 Å². The fourth-order valence-electron chi connectivity index (χ4n) is 7.12. The lowest BCUT2D eigenvalue weighted by Crippen LogP contribution is -2.58. The zero-order valence-electron chi connectivity index (χ0n) is 29.8. The van der Waals surface area contributed by atoms with E-state index in [1.165, 1.54) is 28.4 Å². The van der Waals surface area contributed by atoms with E-state index in [9.17, 15) is 32.0 Å². The van der Waals surface area contributed by atoms with Crippen molar-refractivity contribution < 1.29 is 36.7 Å². The van der Waals surface area contributed by atoms with E-state index in [0.717, 1.165) is 17.7 Å². The van der Waals surface area contributed by atoms with Crippen molar-refractivity contribution in [1.82, 2.24) is 30.2 Å². The van der Waals surface area contributed by atoms with Crippen LogP contribution in [0, 0.1) is 25.6 Å². The minimum absolute atomic E-state index is 0.0112. The average Bonchev–Trinajstić information content (AvgIpc) is 3.91. The van der Waals surface area contributed by atoms with Gasteiger partial charge in [-0.2, -0.15) is 0 Å². The molecule has 2 aliphatic carbocycles. The number of nitrogens with one attached hydrogen (secondary N) is 3. The summed E-state index contributed by atoms with van der Waals surface area (Å²) in [5, 5.41) is 5.76. The summed E-state index contributed by atoms with van der Waals surface area (Å²) in [6.45, 7) is 5.05. The number of sulfonamides is 1. The van der Waals surface area contributed by atoms with Crippen LogP contribution in [-0.4, -0.2) is 81.9 Å². The first kappa shape index (κ1) is 36.9. The molecule has 0 spiro atoms. The van der Waals surface area contributed by atoms with E-state index in [1.54, 1.807) is 26.0 Å². The predicted octanol–water partition coefficient (Wildman–Crippen LogP) is 3.99. The van der Waals surface area contributed by atoms with Crippen LogP contribution in [0.2, 0.25) is 0 Å². The molecule has 2 aliphatic heterocycles. The number of fused-ring (bicyclic) bond motifs is 3. The number of hydrogen-bond acceptors (Lipinski definition) is 10. The first-order valence-corrected chi connectivity index (χ1v) is 20.3. The molecular weight excluding hydrogens is 724 g/mol. The lowest BCUT2D eigenvalue weighted by molar-refractivity contribution is -0.141. The number of ether oxygens (including phenoxy) is 1. The highest BCUT2D eigenvalue weighted by Crippen LogP contribution is 2.47. The van der Waals surface area contributed by atoms with Gasteiger partial charge in [0.05, 0.1) is 21.7 Å². The van der Waals surface area contributed by atoms with Crippen molar-refractivity contribution in [3.05, 3.63) is 63.7 Å². The van der Waals surface area contributed by atoms with Crippen LogP contribution in [0.5, 0.6) is 5.88 Å². The molecule has 3 N–H and O–H groups in total. The van der Waals surface area contributed by atoms with Gasteiger partial charge in [-0.3, -0.25) is 23.9 Å². The number of halogens is 1. The maximum Gasteiger partial charge on any atom is 0.262 e. The van der Waals surface area contributed by atoms with E-state index in [4.69, 9.17) is 4.74 Å². The molecular formula is C37H43FN6O7S2. The second-order valence-electron chi connectivity index (χ2n) is 14.9. The number of thiophene rings is 1. The molecule has 13 nitrogen and oxygen atoms in total. The fourth-order valence-corrected chi connectivity index (χ4v) is 9.20. The molecule has 2 aromatic heterocycles. The van der Waals surface area contributed by atoms with Crippen LogP contribution in [-0.2, 0) is 24.4 Å². The standard InChI is InChI=1S/C37H43FN6O7S2/c1-21-14-15-29(52-21)32(46)40-27-12-8-6-4-5-7-10-23-19-37(23,35(48)43-53(49,50)36(3)16-17-36)42-31(45)28-18-24(20-44(28)34(27)47)51-33-22(2)39-26-13-9-11-25(38)30(26)41-33/h7,9-11,13-15,23-24,27-28H,4-6,8,12,16-20H2,1-3H3,(H,40,46)(H,42,45)(H,43,48)/t23-,24-,27+,28+,37-/m1/s1. The average molecular weight is 767 g/mol. The highest BCUT2D eigenvalue weighted by Gasteiger charge is 2.63. The monoisotopic (exact) mass is 766 g/mol. The minimum Gasteiger partial charge on any atom is -0.471 e. The van der Waals surface area contributed by atoms with Gasteiger partial charge in [0.2, 0.25) is 27.7 Å². The summed E-state index contributed by atoms with van der Waals surface area (Å²) in [4.78, 5) is 67.6. The number of aryl methyl sites for hydroxylation is 2. The summed E-state index contributed by atoms with van der Waals surface area (Å²) in [5.74, 6) is -3.36. The van der Waals surface area contributed by atoms with Gasteiger partial charge in [-0.05, 0) is 83.6 Å². The van der Waals surface area contributed by atoms with Crippen molar-refractivity contribution in [2.45, 2.75) is 107 Å². The maximum absolute atomic E-state index is 14.7. The van der Waals surface area contributed by atoms with Gasteiger partial charge < -0.3 is 20.3 Å². The molecule has 1 saturated heterocycles. The molecule has 16 heteroatoms. The summed E-state index contributed by atoms with van der Waals surface area (Å²) >= 11 is 1.31. The van der Waals surface area contributed by atoms with Crippen LogP contribution in [0.3, 0.4) is 0 Å². The number of aromatic nitrogens is 2. The van der Waals surface area contributed by atoms with E-state index in [-0.39, 0.29) is 30.8 Å². The molecule has 282 valence electrons. The van der Waals surface area contributed by atoms with Crippen molar-refractivity contribution in [1.29, 1.82) is 0 Å². The molecule has 1 aromatic carbocycles. The Bertz CT molecular complexity index is 2120. The van der Waals surface area contributed by atoms with Gasteiger partial charge in [0.1, 0.15) is 34.9 Å². The number of amides is 4. The van der Waals surface area contributed by atoms with E-state index >= 15 is 0 Å². The largest absolute Gasteiger partial charge is 0.471 e. The molecule has 3 fully saturated rings. The normalized spacial score (nSPS) is 27.1. The Morgan fingerprint density at radius 3 is 2.62 bits per heavy atom. The van der Waals surface area contributed by atoms with E-state index in [0.29, 0.717) is 48.2 Å². The van der Waals surface area contributed by atoms with Crippen LogP contribution in [0.4, 0.5) is 4.39 Å². The predicted molar refractivity (Wildman–Crippen MR) is 195 cm³/mol. The highest BCUT2D eigenvalue weighted by atomic mass is 32.2. The zero-order chi connectivity index (χ0) is 37.7. The number of hydrogen-bond donors (Lipinski definition) is 3. The Kier molecular flexibility index (Phi) is 9.81. The molecule has 0 radical (unpaired) electrons. The van der Waals surface area contributed by atoms with Gasteiger partial charge in [-0.15, -0.1) is 11.3 Å². The molecule has 4 aliphatic rings. The number of nitrogens with zero attached hydrogens (tertiary/aromatic N) is 3. The van der Waals surface area contributed by atoms with Gasteiger partial charge in [0, 0.05) is 17.2 Å². The number of carbonyl (C=O) groups is 4. The van der Waals surface area contributed by atoms with Gasteiger partial charge in [-0.25, -0.2) is 22.8 Å². The summed E-state index contributed by atoms with van der Waals surface area (Å²) in [5.41, 5.74) is -0.800. The molecule has 0 unspecified atom stereocenters. The third-order valence-electron chi connectivity index (χ3n) is 10.8. The molecule has 3 aromatic rings. The molecule has 5 atom stereocenters. The fraction of sp³-hybridized carbons (Fsp3) is 0.514. The quantitative estimate of drug-likeness (QED) is 0.300. The molecule has 2 saturated carbocycles. The summed E-state index contributed by atoms with van der Waals surface area (Å²) < 4.78 is 48.3. The number of carbonyl (C=O) groups excluding carboxylic acids is 4. The first-order valence-electron chi connectivity index (χ1n) is 18.0. The Morgan fingerprint density at radius 1 is 1.09 bits per heavy atom. The van der Waals surface area contributed by atoms with Crippen molar-refractivity contribution in [3.63, 3.8) is 0 Å². The summed E-state index contributed by atoms with van der Waals surface area (Å²) in [7, 11) is -4.00. The van der Waals surface area contributed by atoms with Crippen LogP contribution in [0.15, 0.2) is 42.5 Å². The Morgan fingerprint density at radius 2 is 1.89 bits per heavy atom. The smallest absolute Gasteiger partial charge is 0.262 e. The number of benzene rings is 1. The third kappa shape index (κ3) is 7.39. The minimum atomic E-state index is -4.00. The lowest BCUT2D eigenvalue weighted by Gasteiger charge is -2.30. The topological polar surface area (TPSA) is 177 Å². The molecule has 0 bridgehead atoms. The molecule has 53 heavy (non-hydrogen) atoms.